The van der Waals surface area contributed by atoms with Crippen LogP contribution in [0.4, 0.5) is 17.1 Å². The molecule has 0 amide bonds. The lowest BCUT2D eigenvalue weighted by Crippen LogP contribution is -2.23. The molecular weight excluding hydrogens is 278 g/mol. The molecule has 0 bridgehead atoms. The Bertz CT molecular complexity index is 807. The van der Waals surface area contributed by atoms with Gasteiger partial charge < -0.3 is 21.1 Å². The molecule has 1 aliphatic rings. The van der Waals surface area contributed by atoms with Crippen molar-refractivity contribution in [2.75, 3.05) is 15.9 Å². The van der Waals surface area contributed by atoms with Gasteiger partial charge in [0.15, 0.2) is 0 Å². The molecule has 5 nitrogen and oxygen atoms in total. The van der Waals surface area contributed by atoms with Crippen LogP contribution >= 0.6 is 0 Å². The van der Waals surface area contributed by atoms with Gasteiger partial charge in [-0.25, -0.2) is 0 Å². The van der Waals surface area contributed by atoms with E-state index in [1.807, 2.05) is 30.3 Å². The first-order valence-electron chi connectivity index (χ1n) is 7.03. The molecule has 3 aromatic rings. The molecule has 0 radical (unpaired) electrons. The SMILES string of the molecule is [O-]N(O)c1cccc(C2Nc3cccc4cccc(c34)N2)c1. The fourth-order valence-corrected chi connectivity index (χ4v) is 2.92. The molecule has 0 aliphatic carbocycles. The average molecular weight is 292 g/mol. The molecule has 3 N–H and O–H groups in total. The van der Waals surface area contributed by atoms with Gasteiger partial charge in [-0.2, -0.15) is 0 Å². The van der Waals surface area contributed by atoms with Crippen LogP contribution < -0.4 is 15.9 Å². The maximum absolute atomic E-state index is 11.1. The third kappa shape index (κ3) is 2.04. The van der Waals surface area contributed by atoms with Crippen LogP contribution in [0.1, 0.15) is 11.7 Å². The van der Waals surface area contributed by atoms with E-state index in [2.05, 4.69) is 22.8 Å². The summed E-state index contributed by atoms with van der Waals surface area (Å²) in [5.74, 6) is 0. The number of rotatable bonds is 2. The lowest BCUT2D eigenvalue weighted by Gasteiger charge is -2.31. The fraction of sp³-hybridized carbons (Fsp3) is 0.0588. The molecule has 1 aliphatic heterocycles. The van der Waals surface area contributed by atoms with Gasteiger partial charge in [0, 0.05) is 16.8 Å². The monoisotopic (exact) mass is 292 g/mol. The first kappa shape index (κ1) is 12.9. The number of anilines is 3. The van der Waals surface area contributed by atoms with Crippen LogP contribution in [0.25, 0.3) is 10.8 Å². The highest BCUT2D eigenvalue weighted by atomic mass is 16.8. The summed E-state index contributed by atoms with van der Waals surface area (Å²) in [6.45, 7) is 0. The zero-order chi connectivity index (χ0) is 15.1. The first-order chi connectivity index (χ1) is 10.7. The largest absolute Gasteiger partial charge is 0.733 e. The smallest absolute Gasteiger partial charge is 0.123 e. The highest BCUT2D eigenvalue weighted by molar-refractivity contribution is 6.04. The van der Waals surface area contributed by atoms with Crippen molar-refractivity contribution in [2.24, 2.45) is 0 Å². The van der Waals surface area contributed by atoms with Crippen LogP contribution in [-0.4, -0.2) is 5.21 Å². The number of hydrogen-bond donors (Lipinski definition) is 3. The van der Waals surface area contributed by atoms with Gasteiger partial charge in [-0.3, -0.25) is 5.21 Å². The molecule has 0 unspecified atom stereocenters. The Morgan fingerprint density at radius 2 is 1.55 bits per heavy atom. The Hall–Kier alpha value is -2.76. The average Bonchev–Trinajstić information content (AvgIpc) is 2.55. The van der Waals surface area contributed by atoms with E-state index >= 15 is 0 Å². The zero-order valence-electron chi connectivity index (χ0n) is 11.7. The maximum Gasteiger partial charge on any atom is 0.123 e. The molecule has 0 aromatic heterocycles. The Kier molecular flexibility index (Phi) is 2.89. The van der Waals surface area contributed by atoms with Crippen molar-refractivity contribution >= 4 is 27.8 Å². The molecule has 0 saturated heterocycles. The van der Waals surface area contributed by atoms with Crippen LogP contribution in [0.2, 0.25) is 0 Å². The lowest BCUT2D eigenvalue weighted by molar-refractivity contribution is 0.296. The van der Waals surface area contributed by atoms with Gasteiger partial charge in [0.2, 0.25) is 0 Å². The first-order valence-corrected chi connectivity index (χ1v) is 7.03. The highest BCUT2D eigenvalue weighted by Crippen LogP contribution is 2.38. The topological polar surface area (TPSA) is 70.6 Å². The van der Waals surface area contributed by atoms with E-state index in [1.54, 1.807) is 18.2 Å². The van der Waals surface area contributed by atoms with Gasteiger partial charge in [0.1, 0.15) is 6.17 Å². The predicted octanol–water partition coefficient (Wildman–Crippen LogP) is 4.07. The van der Waals surface area contributed by atoms with Gasteiger partial charge in [0.25, 0.3) is 0 Å². The minimum Gasteiger partial charge on any atom is -0.733 e. The van der Waals surface area contributed by atoms with E-state index in [9.17, 15) is 5.21 Å². The molecule has 22 heavy (non-hydrogen) atoms. The summed E-state index contributed by atoms with van der Waals surface area (Å²) < 4.78 is 0. The van der Waals surface area contributed by atoms with Crippen molar-refractivity contribution in [1.82, 2.24) is 0 Å². The second-order valence-electron chi connectivity index (χ2n) is 5.30. The maximum atomic E-state index is 11.1. The normalized spacial score (nSPS) is 13.5. The van der Waals surface area contributed by atoms with Crippen molar-refractivity contribution in [1.29, 1.82) is 0 Å². The van der Waals surface area contributed by atoms with Crippen LogP contribution in [0.5, 0.6) is 0 Å². The van der Waals surface area contributed by atoms with Gasteiger partial charge in [0.05, 0.1) is 5.69 Å². The molecule has 3 aromatic carbocycles. The van der Waals surface area contributed by atoms with Crippen LogP contribution in [0, 0.1) is 5.21 Å². The Morgan fingerprint density at radius 1 is 0.909 bits per heavy atom. The summed E-state index contributed by atoms with van der Waals surface area (Å²) in [4.78, 5) is 0. The van der Waals surface area contributed by atoms with Crippen LogP contribution in [0.3, 0.4) is 0 Å². The van der Waals surface area contributed by atoms with Gasteiger partial charge in [-0.1, -0.05) is 36.4 Å². The second-order valence-corrected chi connectivity index (χ2v) is 5.30. The summed E-state index contributed by atoms with van der Waals surface area (Å²) >= 11 is 0. The molecule has 1 heterocycles. The molecule has 0 saturated carbocycles. The van der Waals surface area contributed by atoms with Crippen LogP contribution in [-0.2, 0) is 0 Å². The molecule has 110 valence electrons. The molecule has 0 fully saturated rings. The molecule has 5 heteroatoms. The summed E-state index contributed by atoms with van der Waals surface area (Å²) in [5.41, 5.74) is 3.17. The number of nitrogens with one attached hydrogen (secondary N) is 2. The number of benzene rings is 3. The van der Waals surface area contributed by atoms with E-state index in [0.717, 1.165) is 22.3 Å². The van der Waals surface area contributed by atoms with E-state index in [1.165, 1.54) is 5.39 Å². The Morgan fingerprint density at radius 3 is 2.18 bits per heavy atom. The lowest BCUT2D eigenvalue weighted by atomic mass is 10.0. The molecular formula is C17H14N3O2-. The fourth-order valence-electron chi connectivity index (χ4n) is 2.92. The van der Waals surface area contributed by atoms with E-state index in [0.29, 0.717) is 0 Å². The number of nitrogens with zero attached hydrogens (tertiary/aromatic N) is 1. The van der Waals surface area contributed by atoms with Crippen molar-refractivity contribution in [2.45, 2.75) is 6.17 Å². The van der Waals surface area contributed by atoms with Crippen molar-refractivity contribution < 1.29 is 5.21 Å². The van der Waals surface area contributed by atoms with Gasteiger partial charge in [-0.05, 0) is 35.2 Å². The minimum atomic E-state index is -0.166. The third-order valence-electron chi connectivity index (χ3n) is 3.93. The standard InChI is InChI=1S/C17H14N3O2/c21-20(22)13-7-1-6-12(10-13)17-18-14-8-2-4-11-5-3-9-15(19-17)16(11)14/h1-10,17-19,21H/q-1. The molecule has 4 rings (SSSR count). The van der Waals surface area contributed by atoms with Crippen molar-refractivity contribution in [3.63, 3.8) is 0 Å². The van der Waals surface area contributed by atoms with Crippen molar-refractivity contribution in [3.05, 3.63) is 71.4 Å². The zero-order valence-corrected chi connectivity index (χ0v) is 11.7. The summed E-state index contributed by atoms with van der Waals surface area (Å²) in [6.07, 6.45) is -0.166. The minimum absolute atomic E-state index is 0.124. The Balaban J connectivity index is 1.77. The molecule has 0 spiro atoms. The van der Waals surface area contributed by atoms with Gasteiger partial charge in [-0.15, -0.1) is 0 Å². The number of hydrogen-bond acceptors (Lipinski definition) is 5. The third-order valence-corrected chi connectivity index (χ3v) is 3.93. The van der Waals surface area contributed by atoms with Crippen molar-refractivity contribution in [3.8, 4) is 0 Å². The summed E-state index contributed by atoms with van der Waals surface area (Å²) in [5, 5.41) is 29.2. The summed E-state index contributed by atoms with van der Waals surface area (Å²) in [6, 6.07) is 19.1. The van der Waals surface area contributed by atoms with E-state index < -0.39 is 0 Å². The van der Waals surface area contributed by atoms with E-state index in [4.69, 9.17) is 5.21 Å². The predicted molar refractivity (Wildman–Crippen MR) is 88.0 cm³/mol. The highest BCUT2D eigenvalue weighted by Gasteiger charge is 2.20. The van der Waals surface area contributed by atoms with E-state index in [-0.39, 0.29) is 17.1 Å². The molecule has 0 atom stereocenters. The second kappa shape index (κ2) is 4.91. The summed E-state index contributed by atoms with van der Waals surface area (Å²) in [7, 11) is 0. The van der Waals surface area contributed by atoms with Gasteiger partial charge >= 0.3 is 0 Å². The van der Waals surface area contributed by atoms with Crippen LogP contribution in [0.15, 0.2) is 60.7 Å². The quantitative estimate of drug-likeness (QED) is 0.621. The Labute approximate surface area is 127 Å².